The van der Waals surface area contributed by atoms with Crippen LogP contribution < -0.4 is 10.6 Å². The summed E-state index contributed by atoms with van der Waals surface area (Å²) in [6, 6.07) is 19.1. The van der Waals surface area contributed by atoms with Gasteiger partial charge < -0.3 is 19.9 Å². The number of imidazole rings is 1. The lowest BCUT2D eigenvalue weighted by atomic mass is 10.0. The van der Waals surface area contributed by atoms with E-state index in [9.17, 15) is 14.0 Å². The number of halogens is 1. The molecule has 1 aliphatic carbocycles. The Morgan fingerprint density at radius 3 is 2.46 bits per heavy atom. The molecular formula is C30H32FN5O3. The molecule has 0 radical (unpaired) electrons. The maximum atomic E-state index is 14.4. The van der Waals surface area contributed by atoms with Crippen molar-refractivity contribution in [3.8, 4) is 0 Å². The molecule has 2 amide bonds. The molecule has 2 heterocycles. The average molecular weight is 530 g/mol. The molecule has 2 aromatic carbocycles. The first-order valence-electron chi connectivity index (χ1n) is 13.1. The van der Waals surface area contributed by atoms with E-state index in [0.717, 1.165) is 29.6 Å². The van der Waals surface area contributed by atoms with Crippen LogP contribution in [0.25, 0.3) is 11.2 Å². The lowest BCUT2D eigenvalue weighted by molar-refractivity contribution is -0.123. The molecule has 9 heteroatoms. The number of carbonyl (C=O) groups excluding carboxylic acids is 2. The minimum atomic E-state index is -1.06. The van der Waals surface area contributed by atoms with Crippen molar-refractivity contribution in [1.29, 1.82) is 0 Å². The SMILES string of the molecule is CC(C)(C)OC(=O)N[C@H](Cc1ccccc1F)C(=O)NCc1nc2cccnc2n1C1(c2ccccc2)CC1. The Hall–Kier alpha value is -4.27. The fourth-order valence-corrected chi connectivity index (χ4v) is 4.87. The third-order valence-corrected chi connectivity index (χ3v) is 6.76. The van der Waals surface area contributed by atoms with E-state index in [1.165, 1.54) is 6.07 Å². The van der Waals surface area contributed by atoms with Crippen LogP contribution >= 0.6 is 0 Å². The van der Waals surface area contributed by atoms with E-state index in [1.54, 1.807) is 45.2 Å². The highest BCUT2D eigenvalue weighted by molar-refractivity contribution is 5.86. The zero-order chi connectivity index (χ0) is 27.6. The van der Waals surface area contributed by atoms with Crippen molar-refractivity contribution < 1.29 is 18.7 Å². The van der Waals surface area contributed by atoms with E-state index < -0.39 is 29.5 Å². The van der Waals surface area contributed by atoms with Gasteiger partial charge in [0.15, 0.2) is 5.65 Å². The number of nitrogens with zero attached hydrogens (tertiary/aromatic N) is 3. The molecule has 1 saturated carbocycles. The van der Waals surface area contributed by atoms with Gasteiger partial charge in [0.05, 0.1) is 12.1 Å². The summed E-state index contributed by atoms with van der Waals surface area (Å²) in [7, 11) is 0. The number of fused-ring (bicyclic) bond motifs is 1. The number of hydrogen-bond donors (Lipinski definition) is 2. The van der Waals surface area contributed by atoms with E-state index in [1.807, 2.05) is 30.3 Å². The van der Waals surface area contributed by atoms with Crippen molar-refractivity contribution in [2.24, 2.45) is 0 Å². The van der Waals surface area contributed by atoms with Gasteiger partial charge in [-0.15, -0.1) is 0 Å². The van der Waals surface area contributed by atoms with Crippen LogP contribution in [0.5, 0.6) is 0 Å². The van der Waals surface area contributed by atoms with Crippen LogP contribution in [0.1, 0.15) is 50.6 Å². The van der Waals surface area contributed by atoms with Crippen LogP contribution in [-0.2, 0) is 28.0 Å². The van der Waals surface area contributed by atoms with Crippen molar-refractivity contribution >= 4 is 23.2 Å². The first-order chi connectivity index (χ1) is 18.7. The summed E-state index contributed by atoms with van der Waals surface area (Å²) >= 11 is 0. The van der Waals surface area contributed by atoms with Gasteiger partial charge in [-0.05, 0) is 62.9 Å². The highest BCUT2D eigenvalue weighted by Gasteiger charge is 2.48. The molecule has 0 saturated heterocycles. The molecule has 2 N–H and O–H groups in total. The molecule has 202 valence electrons. The first kappa shape index (κ1) is 26.3. The van der Waals surface area contributed by atoms with Gasteiger partial charge >= 0.3 is 6.09 Å². The van der Waals surface area contributed by atoms with Gasteiger partial charge in [0.25, 0.3) is 0 Å². The molecule has 4 aromatic rings. The minimum Gasteiger partial charge on any atom is -0.444 e. The number of rotatable bonds is 8. The summed E-state index contributed by atoms with van der Waals surface area (Å²) in [5.41, 5.74) is 1.91. The number of benzene rings is 2. The quantitative estimate of drug-likeness (QED) is 0.340. The zero-order valence-electron chi connectivity index (χ0n) is 22.3. The smallest absolute Gasteiger partial charge is 0.408 e. The molecular weight excluding hydrogens is 497 g/mol. The van der Waals surface area contributed by atoms with E-state index in [2.05, 4.69) is 32.3 Å². The summed E-state index contributed by atoms with van der Waals surface area (Å²) < 4.78 is 21.9. The molecule has 1 atom stereocenters. The summed E-state index contributed by atoms with van der Waals surface area (Å²) in [4.78, 5) is 35.4. The largest absolute Gasteiger partial charge is 0.444 e. The predicted molar refractivity (Wildman–Crippen MR) is 145 cm³/mol. The average Bonchev–Trinajstić information content (AvgIpc) is 3.61. The van der Waals surface area contributed by atoms with Gasteiger partial charge in [-0.3, -0.25) is 4.79 Å². The summed E-state index contributed by atoms with van der Waals surface area (Å²) in [5, 5.41) is 5.53. The number of alkyl carbamates (subject to hydrolysis) is 1. The molecule has 0 bridgehead atoms. The molecule has 0 spiro atoms. The number of aromatic nitrogens is 3. The second-order valence-electron chi connectivity index (χ2n) is 10.8. The minimum absolute atomic E-state index is 0.0380. The Bertz CT molecular complexity index is 1490. The van der Waals surface area contributed by atoms with Crippen molar-refractivity contribution in [2.45, 2.75) is 63.8 Å². The second kappa shape index (κ2) is 10.5. The normalized spacial score (nSPS) is 15.0. The lowest BCUT2D eigenvalue weighted by Gasteiger charge is -2.24. The summed E-state index contributed by atoms with van der Waals surface area (Å²) in [6.07, 6.45) is 2.80. The number of nitrogens with one attached hydrogen (secondary N) is 2. The molecule has 39 heavy (non-hydrogen) atoms. The first-order valence-corrected chi connectivity index (χ1v) is 13.1. The van der Waals surface area contributed by atoms with Gasteiger partial charge in [0.1, 0.15) is 28.8 Å². The van der Waals surface area contributed by atoms with Crippen LogP contribution in [0.2, 0.25) is 0 Å². The predicted octanol–water partition coefficient (Wildman–Crippen LogP) is 4.86. The molecule has 0 aliphatic heterocycles. The maximum absolute atomic E-state index is 14.4. The number of carbonyl (C=O) groups is 2. The number of pyridine rings is 1. The van der Waals surface area contributed by atoms with Gasteiger partial charge in [-0.25, -0.2) is 19.2 Å². The Kier molecular flexibility index (Phi) is 7.08. The van der Waals surface area contributed by atoms with E-state index >= 15 is 0 Å². The second-order valence-corrected chi connectivity index (χ2v) is 10.8. The van der Waals surface area contributed by atoms with Gasteiger partial charge in [0.2, 0.25) is 5.91 Å². The van der Waals surface area contributed by atoms with Gasteiger partial charge in [-0.2, -0.15) is 0 Å². The third-order valence-electron chi connectivity index (χ3n) is 6.76. The monoisotopic (exact) mass is 529 g/mol. The van der Waals surface area contributed by atoms with Crippen molar-refractivity contribution in [2.75, 3.05) is 0 Å². The topological polar surface area (TPSA) is 98.1 Å². The number of hydrogen-bond acceptors (Lipinski definition) is 5. The Labute approximate surface area is 226 Å². The van der Waals surface area contributed by atoms with Gasteiger partial charge in [0, 0.05) is 12.6 Å². The molecule has 2 aromatic heterocycles. The number of ether oxygens (including phenoxy) is 1. The molecule has 5 rings (SSSR count). The zero-order valence-corrected chi connectivity index (χ0v) is 22.3. The Morgan fingerprint density at radius 2 is 1.77 bits per heavy atom. The van der Waals surface area contributed by atoms with Crippen LogP contribution in [0.15, 0.2) is 72.9 Å². The molecule has 1 fully saturated rings. The lowest BCUT2D eigenvalue weighted by Crippen LogP contribution is -2.49. The Balaban J connectivity index is 1.41. The molecule has 1 aliphatic rings. The fraction of sp³-hybridized carbons (Fsp3) is 0.333. The number of amides is 2. The van der Waals surface area contributed by atoms with Crippen LogP contribution in [0, 0.1) is 5.82 Å². The van der Waals surface area contributed by atoms with Crippen molar-refractivity contribution in [3.63, 3.8) is 0 Å². The Morgan fingerprint density at radius 1 is 1.05 bits per heavy atom. The van der Waals surface area contributed by atoms with E-state index in [0.29, 0.717) is 11.4 Å². The highest BCUT2D eigenvalue weighted by atomic mass is 19.1. The van der Waals surface area contributed by atoms with Crippen LogP contribution in [-0.4, -0.2) is 38.2 Å². The highest BCUT2D eigenvalue weighted by Crippen LogP contribution is 2.51. The summed E-state index contributed by atoms with van der Waals surface area (Å²) in [5.74, 6) is -0.270. The van der Waals surface area contributed by atoms with Gasteiger partial charge in [-0.1, -0.05) is 48.5 Å². The molecule has 0 unspecified atom stereocenters. The molecule has 8 nitrogen and oxygen atoms in total. The van der Waals surface area contributed by atoms with E-state index in [4.69, 9.17) is 9.72 Å². The third kappa shape index (κ3) is 5.77. The fourth-order valence-electron chi connectivity index (χ4n) is 4.87. The van der Waals surface area contributed by atoms with Crippen LogP contribution in [0.3, 0.4) is 0 Å². The maximum Gasteiger partial charge on any atom is 0.408 e. The van der Waals surface area contributed by atoms with Crippen molar-refractivity contribution in [3.05, 3.63) is 95.7 Å². The summed E-state index contributed by atoms with van der Waals surface area (Å²) in [6.45, 7) is 5.31. The van der Waals surface area contributed by atoms with Crippen molar-refractivity contribution in [1.82, 2.24) is 25.2 Å². The standard InChI is InChI=1S/C30H32FN5O3/c1-29(2,3)39-28(38)35-24(18-20-10-7-8-13-22(20)31)27(37)33-19-25-34-23-14-9-17-32-26(23)36(25)30(15-16-30)21-11-5-4-6-12-21/h4-14,17,24H,15-16,18-19H2,1-3H3,(H,33,37)(H,35,38)/t24-/m1/s1. The van der Waals surface area contributed by atoms with Crippen LogP contribution in [0.4, 0.5) is 9.18 Å². The van der Waals surface area contributed by atoms with E-state index in [-0.39, 0.29) is 18.5 Å².